The van der Waals surface area contributed by atoms with E-state index in [1.807, 2.05) is 215 Å². The predicted molar refractivity (Wildman–Crippen MR) is 316 cm³/mol. The molecule has 0 radical (unpaired) electrons. The Morgan fingerprint density at radius 1 is 0.366 bits per heavy atom. The van der Waals surface area contributed by atoms with Crippen LogP contribution in [0.4, 0.5) is 18.9 Å². The molecule has 4 aromatic heterocycles. The molecule has 14 aromatic rings. The summed E-state index contributed by atoms with van der Waals surface area (Å²) in [4.78, 5) is 33.2. The summed E-state index contributed by atoms with van der Waals surface area (Å²) in [6.45, 7) is 7.74. The molecule has 10 aromatic carbocycles. The van der Waals surface area contributed by atoms with Crippen LogP contribution in [0.3, 0.4) is 0 Å². The Morgan fingerprint density at radius 3 is 1.15 bits per heavy atom. The Labute approximate surface area is 466 Å². The third-order valence-electron chi connectivity index (χ3n) is 14.7. The molecule has 82 heavy (non-hydrogen) atoms. The molecule has 0 N–H and O–H groups in total. The molecular weight excluding hydrogens is 1030 g/mol. The lowest BCUT2D eigenvalue weighted by Crippen LogP contribution is -2.09. The minimum atomic E-state index is -4.88. The van der Waals surface area contributed by atoms with Crippen molar-refractivity contribution >= 4 is 49.3 Å². The molecule has 0 aliphatic carbocycles. The van der Waals surface area contributed by atoms with Gasteiger partial charge in [-0.05, 0) is 72.3 Å². The summed E-state index contributed by atoms with van der Waals surface area (Å²) in [5, 5.41) is 14.6. The van der Waals surface area contributed by atoms with E-state index >= 15 is 13.2 Å². The monoisotopic (exact) mass is 1060 g/mol. The van der Waals surface area contributed by atoms with Crippen LogP contribution in [0.25, 0.3) is 139 Å². The summed E-state index contributed by atoms with van der Waals surface area (Å²) in [7, 11) is 0. The molecule has 0 saturated carbocycles. The first-order valence-electron chi connectivity index (χ1n) is 26.2. The van der Waals surface area contributed by atoms with Crippen molar-refractivity contribution in [1.82, 2.24) is 39.0 Å². The number of rotatable bonds is 9. The highest BCUT2D eigenvalue weighted by Gasteiger charge is 2.35. The second kappa shape index (κ2) is 19.8. The van der Waals surface area contributed by atoms with Gasteiger partial charge in [0.05, 0.1) is 51.1 Å². The first kappa shape index (κ1) is 48.9. The van der Waals surface area contributed by atoms with Gasteiger partial charge in [-0.3, -0.25) is 0 Å². The average molecular weight is 1070 g/mol. The summed E-state index contributed by atoms with van der Waals surface area (Å²) in [6, 6.07) is 75.3. The van der Waals surface area contributed by atoms with Gasteiger partial charge < -0.3 is 9.13 Å². The van der Waals surface area contributed by atoms with Crippen LogP contribution >= 0.6 is 0 Å². The Kier molecular flexibility index (Phi) is 11.8. The van der Waals surface area contributed by atoms with Crippen LogP contribution in [-0.2, 0) is 6.18 Å². The van der Waals surface area contributed by atoms with Crippen LogP contribution in [0, 0.1) is 17.9 Å². The minimum absolute atomic E-state index is 0.164. The molecule has 0 spiro atoms. The van der Waals surface area contributed by atoms with Gasteiger partial charge in [-0.2, -0.15) is 18.4 Å². The lowest BCUT2D eigenvalue weighted by Gasteiger charge is -2.21. The number of aromatic nitrogens is 8. The average Bonchev–Trinajstić information content (AvgIpc) is 2.55. The fourth-order valence-electron chi connectivity index (χ4n) is 10.9. The Hall–Kier alpha value is -11.4. The van der Waals surface area contributed by atoms with E-state index in [0.29, 0.717) is 79.5 Å². The molecule has 0 saturated heterocycles. The molecule has 0 bridgehead atoms. The molecule has 0 aliphatic rings. The fourth-order valence-corrected chi connectivity index (χ4v) is 10.9. The number of nitrogens with zero attached hydrogens (tertiary/aromatic N) is 10. The number of hydrogen-bond donors (Lipinski definition) is 0. The van der Waals surface area contributed by atoms with Crippen molar-refractivity contribution in [2.45, 2.75) is 6.18 Å². The number of fused-ring (bicyclic) bond motifs is 6. The first-order chi connectivity index (χ1) is 40.2. The molecule has 0 atom stereocenters. The van der Waals surface area contributed by atoms with Crippen LogP contribution < -0.4 is 0 Å². The van der Waals surface area contributed by atoms with E-state index in [9.17, 15) is 5.26 Å². The molecule has 0 amide bonds. The summed E-state index contributed by atoms with van der Waals surface area (Å²) < 4.78 is 50.8. The number of benzene rings is 10. The summed E-state index contributed by atoms with van der Waals surface area (Å²) in [5.41, 5.74) is 7.11. The highest BCUT2D eigenvalue weighted by atomic mass is 19.4. The van der Waals surface area contributed by atoms with E-state index in [1.54, 1.807) is 12.1 Å². The number of hydrogen-bond acceptors (Lipinski definition) is 7. The predicted octanol–water partition coefficient (Wildman–Crippen LogP) is 17.4. The van der Waals surface area contributed by atoms with E-state index in [0.717, 1.165) is 49.9 Å². The van der Waals surface area contributed by atoms with Crippen LogP contribution in [0.15, 0.2) is 237 Å². The molecule has 4 heterocycles. The van der Waals surface area contributed by atoms with Crippen molar-refractivity contribution in [2.24, 2.45) is 0 Å². The van der Waals surface area contributed by atoms with Gasteiger partial charge in [0.1, 0.15) is 6.07 Å². The molecule has 14 rings (SSSR count). The number of halogens is 3. The number of alkyl halides is 3. The van der Waals surface area contributed by atoms with Gasteiger partial charge >= 0.3 is 6.18 Å². The molecular formula is C69H39F3N10. The minimum Gasteiger partial charge on any atom is -0.309 e. The van der Waals surface area contributed by atoms with Gasteiger partial charge in [0.2, 0.25) is 0 Å². The Morgan fingerprint density at radius 2 is 0.744 bits per heavy atom. The van der Waals surface area contributed by atoms with Gasteiger partial charge in [-0.15, -0.1) is 0 Å². The molecule has 386 valence electrons. The Bertz CT molecular complexity index is 4810. The van der Waals surface area contributed by atoms with Crippen molar-refractivity contribution in [3.05, 3.63) is 259 Å². The van der Waals surface area contributed by atoms with Crippen molar-refractivity contribution in [2.75, 3.05) is 0 Å². The van der Waals surface area contributed by atoms with Crippen LogP contribution in [0.1, 0.15) is 11.1 Å². The SMILES string of the molecule is [C-]#[N+]c1ccc(-c2cc(-n3c4ccccc4c4cc(-c5nc(-c6ccccc6)nc(-c6ccccc6)n5)ccc43)c(C#N)cc2-n2c3ccccc3c3cc(-c4nc(-c5ccccc5)nc(-c5ccccc5)n4)ccc32)c(C(F)(F)F)c1. The maximum absolute atomic E-state index is 15.7. The third-order valence-corrected chi connectivity index (χ3v) is 14.7. The van der Waals surface area contributed by atoms with Crippen LogP contribution in [-0.4, -0.2) is 39.0 Å². The second-order valence-corrected chi connectivity index (χ2v) is 19.6. The van der Waals surface area contributed by atoms with Gasteiger partial charge in [-0.25, -0.2) is 34.7 Å². The summed E-state index contributed by atoms with van der Waals surface area (Å²) >= 11 is 0. The zero-order valence-electron chi connectivity index (χ0n) is 43.1. The van der Waals surface area contributed by atoms with E-state index in [1.165, 1.54) is 12.1 Å². The van der Waals surface area contributed by atoms with Gasteiger partial charge in [-0.1, -0.05) is 170 Å². The van der Waals surface area contributed by atoms with Crippen LogP contribution in [0.2, 0.25) is 0 Å². The van der Waals surface area contributed by atoms with Gasteiger partial charge in [0, 0.05) is 60.5 Å². The smallest absolute Gasteiger partial charge is 0.309 e. The van der Waals surface area contributed by atoms with Crippen LogP contribution in [0.5, 0.6) is 0 Å². The lowest BCUT2D eigenvalue weighted by molar-refractivity contribution is -0.137. The fraction of sp³-hybridized carbons (Fsp3) is 0.0145. The van der Waals surface area contributed by atoms with Crippen molar-refractivity contribution in [3.8, 4) is 96.9 Å². The first-order valence-corrected chi connectivity index (χ1v) is 26.2. The second-order valence-electron chi connectivity index (χ2n) is 19.6. The molecule has 0 unspecified atom stereocenters. The van der Waals surface area contributed by atoms with E-state index in [-0.39, 0.29) is 22.4 Å². The highest BCUT2D eigenvalue weighted by molar-refractivity contribution is 6.12. The Balaban J connectivity index is 0.995. The van der Waals surface area contributed by atoms with Gasteiger partial charge in [0.15, 0.2) is 40.6 Å². The summed E-state index contributed by atoms with van der Waals surface area (Å²) in [6.07, 6.45) is -4.88. The molecule has 0 aliphatic heterocycles. The third kappa shape index (κ3) is 8.54. The quantitative estimate of drug-likeness (QED) is 0.132. The maximum atomic E-state index is 15.7. The van der Waals surface area contributed by atoms with Crippen molar-refractivity contribution in [1.29, 1.82) is 5.26 Å². The molecule has 13 heteroatoms. The number of para-hydroxylation sites is 2. The zero-order valence-corrected chi connectivity index (χ0v) is 43.1. The highest BCUT2D eigenvalue weighted by Crippen LogP contribution is 2.46. The van der Waals surface area contributed by atoms with E-state index in [2.05, 4.69) is 10.9 Å². The normalized spacial score (nSPS) is 11.6. The lowest BCUT2D eigenvalue weighted by atomic mass is 9.94. The van der Waals surface area contributed by atoms with Crippen molar-refractivity contribution in [3.63, 3.8) is 0 Å². The van der Waals surface area contributed by atoms with Crippen molar-refractivity contribution < 1.29 is 13.2 Å². The molecule has 10 nitrogen and oxygen atoms in total. The maximum Gasteiger partial charge on any atom is 0.415 e. The molecule has 0 fully saturated rings. The van der Waals surface area contributed by atoms with Gasteiger partial charge in [0.25, 0.3) is 0 Å². The van der Waals surface area contributed by atoms with E-state index in [4.69, 9.17) is 36.5 Å². The largest absolute Gasteiger partial charge is 0.415 e. The standard InChI is InChI=1S/C69H39F3N10/c1-74-49-32-33-50(56(39-49)69(70,71)72)55-40-61(81-57-28-16-14-26-51(57)53-36-46(30-34-59(53)81)67-77-63(42-18-6-2-7-19-42)75-64(78-67)43-20-8-3-9-21-43)48(41-73)38-62(55)82-58-29-17-15-27-52(58)54-37-47(31-35-60(54)82)68-79-65(44-22-10-4-11-23-44)76-66(80-68)45-24-12-5-13-25-45/h2-40H. The number of nitriles is 1. The topological polar surface area (TPSA) is 115 Å². The summed E-state index contributed by atoms with van der Waals surface area (Å²) in [5.74, 6) is 2.86. The zero-order chi connectivity index (χ0) is 55.5. The van der Waals surface area contributed by atoms with E-state index < -0.39 is 11.7 Å².